The van der Waals surface area contributed by atoms with Crippen molar-refractivity contribution in [2.75, 3.05) is 20.3 Å². The minimum absolute atomic E-state index is 0.0158. The highest BCUT2D eigenvalue weighted by Gasteiger charge is 2.29. The molecule has 1 atom stereocenters. The van der Waals surface area contributed by atoms with Crippen molar-refractivity contribution in [2.24, 2.45) is 0 Å². The summed E-state index contributed by atoms with van der Waals surface area (Å²) in [6.07, 6.45) is -0.583. The van der Waals surface area contributed by atoms with Gasteiger partial charge < -0.3 is 19.9 Å². The lowest BCUT2D eigenvalue weighted by Crippen LogP contribution is -2.32. The lowest BCUT2D eigenvalue weighted by Gasteiger charge is -2.20. The van der Waals surface area contributed by atoms with Crippen LogP contribution in [0.2, 0.25) is 0 Å². The van der Waals surface area contributed by atoms with Crippen LogP contribution in [-0.2, 0) is 4.74 Å². The minimum atomic E-state index is -0.635. The fourth-order valence-electron chi connectivity index (χ4n) is 3.98. The first-order chi connectivity index (χ1) is 14.6. The van der Waals surface area contributed by atoms with E-state index in [4.69, 9.17) is 9.47 Å². The molecule has 0 heterocycles. The quantitative estimate of drug-likeness (QED) is 0.533. The monoisotopic (exact) mass is 467 g/mol. The summed E-state index contributed by atoms with van der Waals surface area (Å²) in [7, 11) is 1.55. The third kappa shape index (κ3) is 3.93. The van der Waals surface area contributed by atoms with E-state index in [1.807, 2.05) is 30.3 Å². The molecule has 1 amide bonds. The van der Waals surface area contributed by atoms with E-state index in [0.29, 0.717) is 11.3 Å². The number of hydrogen-bond acceptors (Lipinski definition) is 4. The fraction of sp³-hybridized carbons (Fsp3) is 0.208. The smallest absolute Gasteiger partial charge is 0.407 e. The Hall–Kier alpha value is -2.83. The second-order valence-corrected chi connectivity index (χ2v) is 8.01. The summed E-state index contributed by atoms with van der Waals surface area (Å²) in [6, 6.07) is 21.2. The van der Waals surface area contributed by atoms with E-state index in [1.54, 1.807) is 19.2 Å². The molecule has 154 valence electrons. The fourth-order valence-corrected chi connectivity index (χ4v) is 4.32. The molecular formula is C24H22BrNO4. The number of methoxy groups -OCH3 is 1. The average molecular weight is 468 g/mol. The molecule has 0 saturated heterocycles. The molecule has 6 heteroatoms. The van der Waals surface area contributed by atoms with E-state index in [0.717, 1.165) is 15.6 Å². The van der Waals surface area contributed by atoms with Crippen LogP contribution in [-0.4, -0.2) is 31.5 Å². The van der Waals surface area contributed by atoms with Crippen LogP contribution in [0.15, 0.2) is 71.2 Å². The van der Waals surface area contributed by atoms with Crippen molar-refractivity contribution < 1.29 is 19.4 Å². The number of alkyl carbamates (subject to hydrolysis) is 1. The Morgan fingerprint density at radius 2 is 1.70 bits per heavy atom. The number of halogens is 1. The molecule has 2 N–H and O–H groups in total. The van der Waals surface area contributed by atoms with Gasteiger partial charge in [0.2, 0.25) is 0 Å². The lowest BCUT2D eigenvalue weighted by atomic mass is 9.98. The molecule has 30 heavy (non-hydrogen) atoms. The zero-order valence-electron chi connectivity index (χ0n) is 16.5. The van der Waals surface area contributed by atoms with E-state index in [1.165, 1.54) is 11.1 Å². The van der Waals surface area contributed by atoms with Gasteiger partial charge in [0.25, 0.3) is 0 Å². The van der Waals surface area contributed by atoms with E-state index in [2.05, 4.69) is 45.5 Å². The summed E-state index contributed by atoms with van der Waals surface area (Å²) in [6.45, 7) is -0.0579. The van der Waals surface area contributed by atoms with E-state index in [-0.39, 0.29) is 19.1 Å². The predicted molar refractivity (Wildman–Crippen MR) is 119 cm³/mol. The summed E-state index contributed by atoms with van der Waals surface area (Å²) < 4.78 is 11.8. The molecule has 1 aliphatic rings. The number of amides is 1. The molecule has 1 aliphatic carbocycles. The molecule has 0 aromatic heterocycles. The number of aliphatic hydroxyl groups excluding tert-OH is 1. The molecule has 4 rings (SSSR count). The van der Waals surface area contributed by atoms with Crippen LogP contribution in [0.1, 0.15) is 28.7 Å². The number of nitrogens with one attached hydrogen (secondary N) is 1. The molecule has 0 saturated carbocycles. The van der Waals surface area contributed by atoms with Gasteiger partial charge in [0, 0.05) is 16.0 Å². The van der Waals surface area contributed by atoms with Gasteiger partial charge in [-0.25, -0.2) is 4.79 Å². The summed E-state index contributed by atoms with van der Waals surface area (Å²) >= 11 is 3.39. The highest BCUT2D eigenvalue weighted by Crippen LogP contribution is 2.44. The maximum Gasteiger partial charge on any atom is 0.407 e. The Morgan fingerprint density at radius 1 is 1.07 bits per heavy atom. The first-order valence-electron chi connectivity index (χ1n) is 9.68. The zero-order valence-corrected chi connectivity index (χ0v) is 18.1. The van der Waals surface area contributed by atoms with Crippen molar-refractivity contribution in [1.82, 2.24) is 5.32 Å². The number of hydrogen-bond donors (Lipinski definition) is 2. The van der Waals surface area contributed by atoms with E-state index >= 15 is 0 Å². The molecule has 1 unspecified atom stereocenters. The van der Waals surface area contributed by atoms with Crippen LogP contribution in [0, 0.1) is 0 Å². The molecule has 0 aliphatic heterocycles. The highest BCUT2D eigenvalue weighted by molar-refractivity contribution is 9.10. The number of benzene rings is 3. The molecular weight excluding hydrogens is 446 g/mol. The van der Waals surface area contributed by atoms with Crippen LogP contribution in [0.3, 0.4) is 0 Å². The van der Waals surface area contributed by atoms with Gasteiger partial charge in [-0.1, -0.05) is 70.5 Å². The first kappa shape index (κ1) is 20.4. The van der Waals surface area contributed by atoms with Gasteiger partial charge in [-0.3, -0.25) is 0 Å². The molecule has 3 aromatic carbocycles. The predicted octanol–water partition coefficient (Wildman–Crippen LogP) is 5.03. The van der Waals surface area contributed by atoms with Gasteiger partial charge in [0.05, 0.1) is 19.8 Å². The van der Waals surface area contributed by atoms with Gasteiger partial charge in [0.1, 0.15) is 12.4 Å². The number of carbonyl (C=O) groups excluding carboxylic acids is 1. The van der Waals surface area contributed by atoms with Gasteiger partial charge in [-0.05, 0) is 34.4 Å². The highest BCUT2D eigenvalue weighted by atomic mass is 79.9. The van der Waals surface area contributed by atoms with Crippen molar-refractivity contribution in [3.63, 3.8) is 0 Å². The third-order valence-electron chi connectivity index (χ3n) is 5.39. The van der Waals surface area contributed by atoms with E-state index in [9.17, 15) is 9.90 Å². The first-order valence-corrected chi connectivity index (χ1v) is 10.5. The molecule has 0 fully saturated rings. The van der Waals surface area contributed by atoms with Crippen molar-refractivity contribution >= 4 is 22.0 Å². The Morgan fingerprint density at radius 3 is 2.30 bits per heavy atom. The zero-order chi connectivity index (χ0) is 21.1. The third-order valence-corrected chi connectivity index (χ3v) is 5.88. The largest absolute Gasteiger partial charge is 0.496 e. The molecule has 0 radical (unpaired) electrons. The normalized spacial score (nSPS) is 13.3. The SMILES string of the molecule is COc1cc(Br)ccc1C(CO)NC(=O)OCC1c2ccccc2-c2ccccc21. The number of aliphatic hydroxyl groups is 1. The van der Waals surface area contributed by atoms with Crippen LogP contribution in [0.5, 0.6) is 5.75 Å². The van der Waals surface area contributed by atoms with Gasteiger partial charge in [-0.15, -0.1) is 0 Å². The van der Waals surface area contributed by atoms with Crippen molar-refractivity contribution in [3.05, 3.63) is 87.9 Å². The Balaban J connectivity index is 1.48. The topological polar surface area (TPSA) is 67.8 Å². The molecule has 0 bridgehead atoms. The molecule has 3 aromatic rings. The Labute approximate surface area is 183 Å². The van der Waals surface area contributed by atoms with Crippen LogP contribution in [0.25, 0.3) is 11.1 Å². The summed E-state index contributed by atoms with van der Waals surface area (Å²) in [4.78, 5) is 12.5. The summed E-state index contributed by atoms with van der Waals surface area (Å²) in [5, 5.41) is 12.6. The summed E-state index contributed by atoms with van der Waals surface area (Å²) in [5.41, 5.74) is 5.33. The Bertz CT molecular complexity index is 1020. The maximum absolute atomic E-state index is 12.5. The number of rotatable bonds is 6. The molecule has 5 nitrogen and oxygen atoms in total. The second kappa shape index (κ2) is 8.90. The maximum atomic E-state index is 12.5. The average Bonchev–Trinajstić information content (AvgIpc) is 3.10. The van der Waals surface area contributed by atoms with Crippen molar-refractivity contribution in [2.45, 2.75) is 12.0 Å². The van der Waals surface area contributed by atoms with Gasteiger partial charge >= 0.3 is 6.09 Å². The van der Waals surface area contributed by atoms with Gasteiger partial charge in [0.15, 0.2) is 0 Å². The van der Waals surface area contributed by atoms with Crippen LogP contribution >= 0.6 is 15.9 Å². The lowest BCUT2D eigenvalue weighted by molar-refractivity contribution is 0.132. The Kier molecular flexibility index (Phi) is 6.06. The number of carbonyl (C=O) groups is 1. The summed E-state index contributed by atoms with van der Waals surface area (Å²) in [5.74, 6) is 0.556. The van der Waals surface area contributed by atoms with Gasteiger partial charge in [-0.2, -0.15) is 0 Å². The minimum Gasteiger partial charge on any atom is -0.496 e. The molecule has 0 spiro atoms. The van der Waals surface area contributed by atoms with E-state index < -0.39 is 12.1 Å². The van der Waals surface area contributed by atoms with Crippen LogP contribution in [0.4, 0.5) is 4.79 Å². The van der Waals surface area contributed by atoms with Crippen molar-refractivity contribution in [3.8, 4) is 16.9 Å². The van der Waals surface area contributed by atoms with Crippen LogP contribution < -0.4 is 10.1 Å². The standard InChI is InChI=1S/C24H22BrNO4/c1-29-23-12-15(25)10-11-20(23)22(13-27)26-24(28)30-14-21-18-8-4-2-6-16(18)17-7-3-5-9-19(17)21/h2-12,21-22,27H,13-14H2,1H3,(H,26,28). The second-order valence-electron chi connectivity index (χ2n) is 7.09. The van der Waals surface area contributed by atoms with Crippen molar-refractivity contribution in [1.29, 1.82) is 0 Å². The number of ether oxygens (including phenoxy) is 2. The number of fused-ring (bicyclic) bond motifs is 3.